The smallest absolute Gasteiger partial charge is 0.123 e. The highest BCUT2D eigenvalue weighted by Gasteiger charge is 2.54. The summed E-state index contributed by atoms with van der Waals surface area (Å²) in [5, 5.41) is 0.426. The number of fused-ring (bicyclic) bond motifs is 1. The van der Waals surface area contributed by atoms with Crippen molar-refractivity contribution >= 4 is 22.4 Å². The summed E-state index contributed by atoms with van der Waals surface area (Å²) < 4.78 is 18.6. The molecule has 0 spiro atoms. The number of thioether (sulfide) groups is 1. The SMILES string of the molecule is CO[C@H]1CSC2COS(C(C)(C)C)(C(C)(C)C)OC21. The first-order chi connectivity index (χ1) is 8.62. The molecule has 3 nitrogen and oxygen atoms in total. The largest absolute Gasteiger partial charge is 0.378 e. The molecule has 0 aromatic rings. The highest BCUT2D eigenvalue weighted by molar-refractivity contribution is 8.28. The normalized spacial score (nSPS) is 36.9. The van der Waals surface area contributed by atoms with Crippen LogP contribution in [0.3, 0.4) is 0 Å². The fourth-order valence-electron chi connectivity index (χ4n) is 3.02. The number of hydrogen-bond acceptors (Lipinski definition) is 4. The van der Waals surface area contributed by atoms with E-state index in [1.54, 1.807) is 7.11 Å². The van der Waals surface area contributed by atoms with E-state index in [2.05, 4.69) is 41.5 Å². The topological polar surface area (TPSA) is 27.7 Å². The number of methoxy groups -OCH3 is 1. The van der Waals surface area contributed by atoms with Crippen LogP contribution in [0.1, 0.15) is 41.5 Å². The van der Waals surface area contributed by atoms with Crippen molar-refractivity contribution in [2.75, 3.05) is 19.5 Å². The third-order valence-corrected chi connectivity index (χ3v) is 9.31. The van der Waals surface area contributed by atoms with Gasteiger partial charge in [0.15, 0.2) is 0 Å². The zero-order valence-corrected chi connectivity index (χ0v) is 14.8. The lowest BCUT2D eigenvalue weighted by atomic mass is 10.2. The van der Waals surface area contributed by atoms with Crippen LogP contribution in [0, 0.1) is 0 Å². The Hall–Kier alpha value is 0.580. The van der Waals surface area contributed by atoms with Gasteiger partial charge >= 0.3 is 0 Å². The first kappa shape index (κ1) is 16.0. The molecule has 2 rings (SSSR count). The van der Waals surface area contributed by atoms with Gasteiger partial charge in [-0.25, -0.2) is 0 Å². The van der Waals surface area contributed by atoms with E-state index in [0.717, 1.165) is 12.4 Å². The summed E-state index contributed by atoms with van der Waals surface area (Å²) in [6, 6.07) is 0. The Morgan fingerprint density at radius 2 is 1.68 bits per heavy atom. The van der Waals surface area contributed by atoms with Crippen molar-refractivity contribution in [3.8, 4) is 0 Å². The van der Waals surface area contributed by atoms with Crippen LogP contribution in [0.25, 0.3) is 0 Å². The van der Waals surface area contributed by atoms with Gasteiger partial charge in [-0.1, -0.05) is 0 Å². The summed E-state index contributed by atoms with van der Waals surface area (Å²) in [7, 11) is 0.169. The number of rotatable bonds is 1. The Kier molecular flexibility index (Phi) is 4.28. The molecule has 0 aromatic heterocycles. The van der Waals surface area contributed by atoms with E-state index in [1.807, 2.05) is 11.8 Å². The fourth-order valence-corrected chi connectivity index (χ4v) is 8.61. The highest BCUT2D eigenvalue weighted by Crippen LogP contribution is 2.72. The summed E-state index contributed by atoms with van der Waals surface area (Å²) in [4.78, 5) is 0. The minimum atomic E-state index is -1.62. The molecule has 0 amide bonds. The zero-order chi connectivity index (χ0) is 14.5. The lowest BCUT2D eigenvalue weighted by Crippen LogP contribution is -2.51. The Morgan fingerprint density at radius 3 is 2.16 bits per heavy atom. The molecule has 2 fully saturated rings. The van der Waals surface area contributed by atoms with Crippen molar-refractivity contribution in [3.63, 3.8) is 0 Å². The maximum atomic E-state index is 6.65. The number of ether oxygens (including phenoxy) is 1. The summed E-state index contributed by atoms with van der Waals surface area (Å²) >= 11 is 1.92. The first-order valence-corrected chi connectivity index (χ1v) is 9.45. The molecule has 5 heteroatoms. The molecule has 0 N–H and O–H groups in total. The third kappa shape index (κ3) is 2.57. The molecular weight excluding hydrogens is 280 g/mol. The van der Waals surface area contributed by atoms with Gasteiger partial charge < -0.3 is 4.74 Å². The third-order valence-electron chi connectivity index (χ3n) is 3.77. The van der Waals surface area contributed by atoms with Crippen molar-refractivity contribution < 1.29 is 13.1 Å². The predicted molar refractivity (Wildman–Crippen MR) is 85.0 cm³/mol. The van der Waals surface area contributed by atoms with Gasteiger partial charge in [0, 0.05) is 12.9 Å². The molecule has 3 atom stereocenters. The summed E-state index contributed by atoms with van der Waals surface area (Å²) in [5.74, 6) is 1.01. The molecule has 0 aliphatic carbocycles. The molecule has 2 aliphatic rings. The van der Waals surface area contributed by atoms with E-state index in [1.165, 1.54) is 0 Å². The zero-order valence-electron chi connectivity index (χ0n) is 13.2. The van der Waals surface area contributed by atoms with Crippen molar-refractivity contribution in [2.45, 2.75) is 68.5 Å². The average molecular weight is 309 g/mol. The maximum Gasteiger partial charge on any atom is 0.123 e. The van der Waals surface area contributed by atoms with E-state index in [0.29, 0.717) is 5.25 Å². The standard InChI is InChI=1S/C14H28O3S2/c1-13(2,3)19(14(4,5)6)16-8-11-12(17-19)10(15-7)9-18-11/h10-12H,8-9H2,1-7H3/t10-,11?,12?/m0/s1. The second-order valence-electron chi connectivity index (χ2n) is 7.22. The summed E-state index contributed by atoms with van der Waals surface area (Å²) in [5.41, 5.74) is 0. The van der Waals surface area contributed by atoms with Gasteiger partial charge in [0.25, 0.3) is 0 Å². The lowest BCUT2D eigenvalue weighted by molar-refractivity contribution is -0.00107. The highest BCUT2D eigenvalue weighted by atomic mass is 32.3. The minimum absolute atomic E-state index is 0.00175. The van der Waals surface area contributed by atoms with Gasteiger partial charge in [-0.15, -0.1) is 0 Å². The van der Waals surface area contributed by atoms with E-state index >= 15 is 0 Å². The molecule has 2 aliphatic heterocycles. The van der Waals surface area contributed by atoms with Gasteiger partial charge in [0.2, 0.25) is 0 Å². The lowest BCUT2D eigenvalue weighted by Gasteiger charge is -2.64. The van der Waals surface area contributed by atoms with Gasteiger partial charge in [-0.3, -0.25) is 8.37 Å². The van der Waals surface area contributed by atoms with Crippen LogP contribution in [-0.2, 0) is 13.1 Å². The molecule has 2 heterocycles. The van der Waals surface area contributed by atoms with Gasteiger partial charge in [-0.05, 0) is 41.5 Å². The van der Waals surface area contributed by atoms with E-state index in [-0.39, 0.29) is 21.7 Å². The van der Waals surface area contributed by atoms with Crippen LogP contribution in [0.5, 0.6) is 0 Å². The van der Waals surface area contributed by atoms with Gasteiger partial charge in [0.05, 0.1) is 27.5 Å². The first-order valence-electron chi connectivity index (χ1n) is 6.92. The molecular formula is C14H28O3S2. The molecule has 19 heavy (non-hydrogen) atoms. The average Bonchev–Trinajstić information content (AvgIpc) is 2.67. The monoisotopic (exact) mass is 308 g/mol. The molecule has 114 valence electrons. The van der Waals surface area contributed by atoms with E-state index < -0.39 is 10.6 Å². The van der Waals surface area contributed by atoms with Crippen molar-refractivity contribution in [3.05, 3.63) is 0 Å². The fraction of sp³-hybridized carbons (Fsp3) is 1.00. The molecule has 0 bridgehead atoms. The molecule has 2 unspecified atom stereocenters. The van der Waals surface area contributed by atoms with Crippen molar-refractivity contribution in [1.29, 1.82) is 0 Å². The molecule has 0 aromatic carbocycles. The van der Waals surface area contributed by atoms with Gasteiger partial charge in [-0.2, -0.15) is 22.4 Å². The minimum Gasteiger partial charge on any atom is -0.378 e. The van der Waals surface area contributed by atoms with Crippen LogP contribution in [0.15, 0.2) is 0 Å². The predicted octanol–water partition coefficient (Wildman–Crippen LogP) is 3.76. The van der Waals surface area contributed by atoms with Crippen molar-refractivity contribution in [2.24, 2.45) is 0 Å². The Labute approximate surface area is 123 Å². The second kappa shape index (κ2) is 5.09. The van der Waals surface area contributed by atoms with Crippen molar-refractivity contribution in [1.82, 2.24) is 0 Å². The molecule has 0 radical (unpaired) electrons. The molecule has 0 saturated carbocycles. The van der Waals surface area contributed by atoms with Crippen LogP contribution >= 0.6 is 22.4 Å². The van der Waals surface area contributed by atoms with Gasteiger partial charge in [0.1, 0.15) is 6.10 Å². The van der Waals surface area contributed by atoms with Crippen LogP contribution < -0.4 is 0 Å². The molecule has 2 saturated heterocycles. The quantitative estimate of drug-likeness (QED) is 0.737. The Balaban J connectivity index is 2.32. The van der Waals surface area contributed by atoms with E-state index in [9.17, 15) is 0 Å². The van der Waals surface area contributed by atoms with Crippen LogP contribution in [0.2, 0.25) is 0 Å². The Morgan fingerprint density at radius 1 is 1.11 bits per heavy atom. The van der Waals surface area contributed by atoms with Crippen LogP contribution in [0.4, 0.5) is 0 Å². The van der Waals surface area contributed by atoms with E-state index in [4.69, 9.17) is 13.1 Å². The maximum absolute atomic E-state index is 6.65. The number of hydrogen-bond donors (Lipinski definition) is 0. The second-order valence-corrected chi connectivity index (χ2v) is 12.4. The van der Waals surface area contributed by atoms with Crippen LogP contribution in [-0.4, -0.2) is 46.4 Å². The summed E-state index contributed by atoms with van der Waals surface area (Å²) in [6.45, 7) is 14.2. The summed E-state index contributed by atoms with van der Waals surface area (Å²) in [6.07, 6.45) is 0.382. The Bertz CT molecular complexity index is 313.